The highest BCUT2D eigenvalue weighted by Gasteiger charge is 2.20. The first-order chi connectivity index (χ1) is 7.36. The average molecular weight is 203 g/mol. The highest BCUT2D eigenvalue weighted by molar-refractivity contribution is 5.16. The Morgan fingerprint density at radius 1 is 1.07 bits per heavy atom. The van der Waals surface area contributed by atoms with E-state index in [4.69, 9.17) is 5.73 Å². The lowest BCUT2D eigenvalue weighted by Gasteiger charge is -2.27. The zero-order chi connectivity index (χ0) is 10.5. The minimum Gasteiger partial charge on any atom is -0.327 e. The molecule has 1 aliphatic rings. The van der Waals surface area contributed by atoms with Crippen molar-refractivity contribution in [2.24, 2.45) is 11.7 Å². The van der Waals surface area contributed by atoms with E-state index in [1.165, 1.54) is 37.7 Å². The first-order valence-electron chi connectivity index (χ1n) is 6.16. The van der Waals surface area contributed by atoms with Crippen LogP contribution in [0.25, 0.3) is 0 Å². The van der Waals surface area contributed by atoms with Gasteiger partial charge in [0.05, 0.1) is 0 Å². The lowest BCUT2D eigenvalue weighted by atomic mass is 9.82. The summed E-state index contributed by atoms with van der Waals surface area (Å²) in [5.41, 5.74) is 7.67. The van der Waals surface area contributed by atoms with E-state index in [9.17, 15) is 0 Å². The lowest BCUT2D eigenvalue weighted by Crippen LogP contribution is -2.33. The van der Waals surface area contributed by atoms with Gasteiger partial charge in [0, 0.05) is 6.04 Å². The van der Waals surface area contributed by atoms with Gasteiger partial charge in [-0.15, -0.1) is 0 Å². The summed E-state index contributed by atoms with van der Waals surface area (Å²) in [6, 6.07) is 11.0. The van der Waals surface area contributed by atoms with Crippen molar-refractivity contribution in [1.82, 2.24) is 0 Å². The zero-order valence-electron chi connectivity index (χ0n) is 9.36. The van der Waals surface area contributed by atoms with Crippen molar-refractivity contribution < 1.29 is 0 Å². The summed E-state index contributed by atoms with van der Waals surface area (Å²) >= 11 is 0. The molecule has 0 heterocycles. The largest absolute Gasteiger partial charge is 0.327 e. The molecule has 1 heteroatoms. The highest BCUT2D eigenvalue weighted by Crippen LogP contribution is 2.26. The van der Waals surface area contributed by atoms with Crippen molar-refractivity contribution in [1.29, 1.82) is 0 Å². The molecule has 1 nitrogen and oxygen atoms in total. The molecule has 2 N–H and O–H groups in total. The van der Waals surface area contributed by atoms with Gasteiger partial charge in [0.25, 0.3) is 0 Å². The maximum Gasteiger partial charge on any atom is 0.0108 e. The van der Waals surface area contributed by atoms with Crippen LogP contribution in [0.3, 0.4) is 0 Å². The van der Waals surface area contributed by atoms with Gasteiger partial charge in [-0.05, 0) is 30.7 Å². The number of rotatable bonds is 3. The summed E-state index contributed by atoms with van der Waals surface area (Å²) in [5.74, 6) is 0.763. The van der Waals surface area contributed by atoms with Crippen molar-refractivity contribution in [2.45, 2.75) is 44.6 Å². The standard InChI is InChI=1S/C14H21N/c15-14(13-9-5-2-6-10-13)11-12-7-3-1-4-8-12/h1,3-4,7-8,13-14H,2,5-6,9-11,15H2/t14-/m1/s1. The van der Waals surface area contributed by atoms with E-state index in [1.54, 1.807) is 0 Å². The van der Waals surface area contributed by atoms with Crippen LogP contribution in [0.4, 0.5) is 0 Å². The maximum atomic E-state index is 6.28. The Balaban J connectivity index is 1.88. The van der Waals surface area contributed by atoms with E-state index in [1.807, 2.05) is 0 Å². The Bertz CT molecular complexity index is 275. The highest BCUT2D eigenvalue weighted by atomic mass is 14.6. The number of nitrogens with two attached hydrogens (primary N) is 1. The number of hydrogen-bond donors (Lipinski definition) is 1. The molecule has 1 fully saturated rings. The first-order valence-corrected chi connectivity index (χ1v) is 6.16. The molecule has 1 aliphatic carbocycles. The predicted molar refractivity (Wildman–Crippen MR) is 64.7 cm³/mol. The Morgan fingerprint density at radius 2 is 1.73 bits per heavy atom. The maximum absolute atomic E-state index is 6.28. The van der Waals surface area contributed by atoms with Gasteiger partial charge in [-0.1, -0.05) is 49.6 Å². The molecule has 1 saturated carbocycles. The molecule has 82 valence electrons. The van der Waals surface area contributed by atoms with Crippen LogP contribution in [0.1, 0.15) is 37.7 Å². The van der Waals surface area contributed by atoms with E-state index in [0.717, 1.165) is 12.3 Å². The fourth-order valence-corrected chi connectivity index (χ4v) is 2.62. The fraction of sp³-hybridized carbons (Fsp3) is 0.571. The van der Waals surface area contributed by atoms with Gasteiger partial charge in [-0.2, -0.15) is 0 Å². The molecule has 0 amide bonds. The third kappa shape index (κ3) is 3.07. The molecule has 0 radical (unpaired) electrons. The molecule has 0 bridgehead atoms. The molecule has 1 atom stereocenters. The quantitative estimate of drug-likeness (QED) is 0.802. The van der Waals surface area contributed by atoms with Crippen molar-refractivity contribution in [3.8, 4) is 0 Å². The molecule has 0 saturated heterocycles. The van der Waals surface area contributed by atoms with Gasteiger partial charge in [0.1, 0.15) is 0 Å². The zero-order valence-corrected chi connectivity index (χ0v) is 9.36. The van der Waals surface area contributed by atoms with Gasteiger partial charge < -0.3 is 5.73 Å². The van der Waals surface area contributed by atoms with E-state index in [0.29, 0.717) is 6.04 Å². The Kier molecular flexibility index (Phi) is 3.79. The summed E-state index contributed by atoms with van der Waals surface area (Å²) in [6.07, 6.45) is 7.91. The van der Waals surface area contributed by atoms with Gasteiger partial charge >= 0.3 is 0 Å². The second-order valence-electron chi connectivity index (χ2n) is 4.75. The van der Waals surface area contributed by atoms with E-state index in [-0.39, 0.29) is 0 Å². The Morgan fingerprint density at radius 3 is 2.40 bits per heavy atom. The van der Waals surface area contributed by atoms with Crippen molar-refractivity contribution in [3.05, 3.63) is 35.9 Å². The molecule has 0 spiro atoms. The van der Waals surface area contributed by atoms with Crippen LogP contribution in [0.2, 0.25) is 0 Å². The van der Waals surface area contributed by atoms with Crippen molar-refractivity contribution >= 4 is 0 Å². The average Bonchev–Trinajstić information content (AvgIpc) is 2.31. The molecule has 1 aromatic rings. The van der Waals surface area contributed by atoms with E-state index in [2.05, 4.69) is 30.3 Å². The van der Waals surface area contributed by atoms with Crippen LogP contribution in [-0.2, 0) is 6.42 Å². The molecule has 0 aromatic heterocycles. The number of hydrogen-bond acceptors (Lipinski definition) is 1. The van der Waals surface area contributed by atoms with Crippen molar-refractivity contribution in [2.75, 3.05) is 0 Å². The summed E-state index contributed by atoms with van der Waals surface area (Å²) in [6.45, 7) is 0. The van der Waals surface area contributed by atoms with Crippen LogP contribution in [0, 0.1) is 5.92 Å². The molecule has 15 heavy (non-hydrogen) atoms. The van der Waals surface area contributed by atoms with Gasteiger partial charge in [-0.25, -0.2) is 0 Å². The fourth-order valence-electron chi connectivity index (χ4n) is 2.62. The lowest BCUT2D eigenvalue weighted by molar-refractivity contribution is 0.303. The molecule has 2 rings (SSSR count). The van der Waals surface area contributed by atoms with Crippen LogP contribution in [-0.4, -0.2) is 6.04 Å². The monoisotopic (exact) mass is 203 g/mol. The Hall–Kier alpha value is -0.820. The van der Waals surface area contributed by atoms with Crippen LogP contribution < -0.4 is 5.73 Å². The Labute approximate surface area is 92.7 Å². The van der Waals surface area contributed by atoms with Gasteiger partial charge in [-0.3, -0.25) is 0 Å². The first kappa shape index (κ1) is 10.7. The van der Waals surface area contributed by atoms with E-state index >= 15 is 0 Å². The van der Waals surface area contributed by atoms with Crippen LogP contribution in [0.5, 0.6) is 0 Å². The predicted octanol–water partition coefficient (Wildman–Crippen LogP) is 3.14. The minimum atomic E-state index is 0.368. The molecular formula is C14H21N. The number of benzene rings is 1. The topological polar surface area (TPSA) is 26.0 Å². The summed E-state index contributed by atoms with van der Waals surface area (Å²) < 4.78 is 0. The third-order valence-corrected chi connectivity index (χ3v) is 3.57. The van der Waals surface area contributed by atoms with Gasteiger partial charge in [0.2, 0.25) is 0 Å². The second kappa shape index (κ2) is 5.32. The smallest absolute Gasteiger partial charge is 0.0108 e. The molecular weight excluding hydrogens is 182 g/mol. The second-order valence-corrected chi connectivity index (χ2v) is 4.75. The molecule has 0 aliphatic heterocycles. The van der Waals surface area contributed by atoms with Gasteiger partial charge in [0.15, 0.2) is 0 Å². The summed E-state index contributed by atoms with van der Waals surface area (Å²) in [5, 5.41) is 0. The third-order valence-electron chi connectivity index (χ3n) is 3.57. The summed E-state index contributed by atoms with van der Waals surface area (Å²) in [7, 11) is 0. The summed E-state index contributed by atoms with van der Waals surface area (Å²) in [4.78, 5) is 0. The SMILES string of the molecule is N[C@H](Cc1ccccc1)C1CCCCC1. The van der Waals surface area contributed by atoms with Crippen LogP contribution in [0.15, 0.2) is 30.3 Å². The van der Waals surface area contributed by atoms with Crippen molar-refractivity contribution in [3.63, 3.8) is 0 Å². The van der Waals surface area contributed by atoms with E-state index < -0.39 is 0 Å². The van der Waals surface area contributed by atoms with Crippen LogP contribution >= 0.6 is 0 Å². The minimum absolute atomic E-state index is 0.368. The normalized spacial score (nSPS) is 20.1. The molecule has 0 unspecified atom stereocenters. The molecule has 1 aromatic carbocycles.